The molecule has 1 aliphatic rings. The zero-order valence-corrected chi connectivity index (χ0v) is 44.5. The third-order valence-corrected chi connectivity index (χ3v) is 15.2. The second-order valence-electron chi connectivity index (χ2n) is 19.6. The quantitative estimate of drug-likeness (QED) is 0.0654. The summed E-state index contributed by atoms with van der Waals surface area (Å²) in [5.41, 5.74) is 14.9. The molecule has 74 heavy (non-hydrogen) atoms. The zero-order valence-electron chi connectivity index (χ0n) is 44.5. The van der Waals surface area contributed by atoms with Gasteiger partial charge in [0.2, 0.25) is 0 Å². The van der Waals surface area contributed by atoms with Crippen LogP contribution in [-0.2, 0) is 5.41 Å². The lowest BCUT2D eigenvalue weighted by Crippen LogP contribution is -2.40. The first-order chi connectivity index (χ1) is 36.0. The minimum absolute atomic E-state index is 0.275. The number of nitrogens with zero attached hydrogens (tertiary/aromatic N) is 2. The highest BCUT2D eigenvalue weighted by Crippen LogP contribution is 2.58. The zero-order chi connectivity index (χ0) is 51.8. The highest BCUT2D eigenvalue weighted by atomic mass is 16.5. The standard InChI is InChI=1S/C70H66N2O2/c1-12-25-49(26-13-2)53-30-19-21-32-58(53)71(62-34-24-29-47(9)68(62)73-63-35-23-18-28-46(63)8)59-42-38-50-37-41-55-60(43-39-51-36-40-54(59)64(50)65(51)55)72-61-33-22-20-31-57(61)70(11,44-15-4)56(17-6)66(72)69-48(10)52(27-14-3)67(74-69)45(7)16-5/h12-44,66H,1H2,2-11H3/b26-13-,27-14-,44-15-,45-16-,49-25+,56-17-. The Kier molecular flexibility index (Phi) is 13.5. The molecule has 2 unspecified atom stereocenters. The second-order valence-corrected chi connectivity index (χ2v) is 19.6. The van der Waals surface area contributed by atoms with Crippen LogP contribution in [0.2, 0.25) is 0 Å². The van der Waals surface area contributed by atoms with Crippen molar-refractivity contribution in [1.29, 1.82) is 0 Å². The molecule has 0 radical (unpaired) electrons. The third-order valence-electron chi connectivity index (χ3n) is 15.2. The van der Waals surface area contributed by atoms with Gasteiger partial charge in [0, 0.05) is 38.6 Å². The molecule has 1 aliphatic heterocycles. The van der Waals surface area contributed by atoms with Crippen molar-refractivity contribution in [3.05, 3.63) is 251 Å². The number of allylic oxidation sites excluding steroid dienone is 11. The van der Waals surface area contributed by atoms with Gasteiger partial charge in [-0.1, -0.05) is 170 Å². The molecule has 2 heterocycles. The van der Waals surface area contributed by atoms with E-state index in [9.17, 15) is 0 Å². The Morgan fingerprint density at radius 2 is 1.35 bits per heavy atom. The van der Waals surface area contributed by atoms with Crippen LogP contribution in [0.3, 0.4) is 0 Å². The van der Waals surface area contributed by atoms with E-state index < -0.39 is 5.41 Å². The van der Waals surface area contributed by atoms with Crippen LogP contribution in [0.4, 0.5) is 28.4 Å². The van der Waals surface area contributed by atoms with Gasteiger partial charge in [0.25, 0.3) is 0 Å². The van der Waals surface area contributed by atoms with Crippen LogP contribution in [0.25, 0.3) is 49.5 Å². The number of fused-ring (bicyclic) bond motifs is 1. The van der Waals surface area contributed by atoms with Gasteiger partial charge < -0.3 is 19.0 Å². The van der Waals surface area contributed by atoms with Crippen LogP contribution in [-0.4, -0.2) is 0 Å². The average molecular weight is 967 g/mol. The molecule has 10 rings (SSSR count). The minimum atomic E-state index is -0.416. The Bertz CT molecular complexity index is 3810. The molecule has 1 aromatic heterocycles. The van der Waals surface area contributed by atoms with E-state index in [1.54, 1.807) is 0 Å². The lowest BCUT2D eigenvalue weighted by molar-refractivity contribution is 0.446. The normalized spacial score (nSPS) is 17.0. The Balaban J connectivity index is 1.29. The molecule has 8 aromatic carbocycles. The summed E-state index contributed by atoms with van der Waals surface area (Å²) in [7, 11) is 0. The lowest BCUT2D eigenvalue weighted by Gasteiger charge is -2.48. The minimum Gasteiger partial charge on any atom is -0.458 e. The summed E-state index contributed by atoms with van der Waals surface area (Å²) in [6.45, 7) is 25.7. The molecule has 0 saturated carbocycles. The number of furan rings is 1. The fourth-order valence-electron chi connectivity index (χ4n) is 11.7. The van der Waals surface area contributed by atoms with Gasteiger partial charge in [-0.2, -0.15) is 0 Å². The summed E-state index contributed by atoms with van der Waals surface area (Å²) in [6.07, 6.45) is 21.6. The van der Waals surface area contributed by atoms with Gasteiger partial charge in [-0.15, -0.1) is 0 Å². The molecule has 0 N–H and O–H groups in total. The van der Waals surface area contributed by atoms with Gasteiger partial charge in [0.1, 0.15) is 23.3 Å². The maximum Gasteiger partial charge on any atom is 0.154 e. The second kappa shape index (κ2) is 20.3. The summed E-state index contributed by atoms with van der Waals surface area (Å²) in [5, 5.41) is 7.06. The van der Waals surface area contributed by atoms with Gasteiger partial charge in [0.15, 0.2) is 5.75 Å². The summed E-state index contributed by atoms with van der Waals surface area (Å²) >= 11 is 0. The largest absolute Gasteiger partial charge is 0.458 e. The third kappa shape index (κ3) is 8.10. The molecule has 0 aliphatic carbocycles. The molecule has 0 amide bonds. The SMILES string of the molecule is C=C/C=C(\C=C/C)c1ccccc1N(c1cccc(C)c1Oc1ccccc1C)c1ccc2ccc3c(N4c5ccccc5C(C)(/C=C\C)/C(=C\C)C4c4oc(/C(C)=C\C)c(/C=C\C)c4C)ccc4ccc1c2c43. The van der Waals surface area contributed by atoms with Gasteiger partial charge in [-0.25, -0.2) is 0 Å². The Morgan fingerprint density at radius 3 is 2.08 bits per heavy atom. The van der Waals surface area contributed by atoms with Gasteiger partial charge in [0.05, 0.1) is 22.7 Å². The molecule has 2 atom stereocenters. The number of benzene rings is 8. The van der Waals surface area contributed by atoms with Crippen molar-refractivity contribution in [2.45, 2.75) is 80.7 Å². The van der Waals surface area contributed by atoms with E-state index in [0.717, 1.165) is 95.8 Å². The fourth-order valence-corrected chi connectivity index (χ4v) is 11.7. The summed E-state index contributed by atoms with van der Waals surface area (Å²) < 4.78 is 14.3. The van der Waals surface area contributed by atoms with Crippen molar-refractivity contribution >= 4 is 78.0 Å². The smallest absolute Gasteiger partial charge is 0.154 e. The molecule has 0 saturated heterocycles. The van der Waals surface area contributed by atoms with Crippen molar-refractivity contribution in [3.8, 4) is 11.5 Å². The predicted molar refractivity (Wildman–Crippen MR) is 319 cm³/mol. The molecule has 4 heteroatoms. The summed E-state index contributed by atoms with van der Waals surface area (Å²) in [5.74, 6) is 3.47. The first-order valence-electron chi connectivity index (χ1n) is 26.0. The lowest BCUT2D eigenvalue weighted by atomic mass is 9.67. The fraction of sp³-hybridized carbons (Fsp3) is 0.171. The maximum atomic E-state index is 7.28. The van der Waals surface area contributed by atoms with Gasteiger partial charge >= 0.3 is 0 Å². The predicted octanol–water partition coefficient (Wildman–Crippen LogP) is 20.6. The van der Waals surface area contributed by atoms with E-state index >= 15 is 0 Å². The van der Waals surface area contributed by atoms with Crippen LogP contribution in [0.15, 0.2) is 211 Å². The van der Waals surface area contributed by atoms with Crippen molar-refractivity contribution in [2.75, 3.05) is 9.80 Å². The molecule has 0 fully saturated rings. The van der Waals surface area contributed by atoms with Crippen LogP contribution >= 0.6 is 0 Å². The number of para-hydroxylation sites is 4. The Labute approximate surface area is 438 Å². The van der Waals surface area contributed by atoms with Crippen molar-refractivity contribution < 1.29 is 9.15 Å². The number of hydrogen-bond acceptors (Lipinski definition) is 4. The first-order valence-corrected chi connectivity index (χ1v) is 26.0. The Hall–Kier alpha value is -8.34. The van der Waals surface area contributed by atoms with Gasteiger partial charge in [-0.3, -0.25) is 0 Å². The van der Waals surface area contributed by atoms with E-state index in [2.05, 4.69) is 274 Å². The average Bonchev–Trinajstić information content (AvgIpc) is 3.76. The molecule has 9 aromatic rings. The van der Waals surface area contributed by atoms with Crippen LogP contribution < -0.4 is 14.5 Å². The van der Waals surface area contributed by atoms with E-state index in [1.165, 1.54) is 38.1 Å². The Morgan fingerprint density at radius 1 is 0.676 bits per heavy atom. The van der Waals surface area contributed by atoms with E-state index in [1.807, 2.05) is 12.1 Å². The number of ether oxygens (including phenoxy) is 1. The van der Waals surface area contributed by atoms with Crippen molar-refractivity contribution in [1.82, 2.24) is 0 Å². The van der Waals surface area contributed by atoms with Crippen LogP contribution in [0.1, 0.15) is 99.4 Å². The number of hydrogen-bond donors (Lipinski definition) is 0. The molecule has 0 spiro atoms. The van der Waals surface area contributed by atoms with E-state index in [4.69, 9.17) is 9.15 Å². The van der Waals surface area contributed by atoms with Crippen LogP contribution in [0.5, 0.6) is 11.5 Å². The van der Waals surface area contributed by atoms with E-state index in [-0.39, 0.29) is 6.04 Å². The maximum absolute atomic E-state index is 7.28. The molecular formula is C70H66N2O2. The van der Waals surface area contributed by atoms with Crippen molar-refractivity contribution in [3.63, 3.8) is 0 Å². The molecule has 4 nitrogen and oxygen atoms in total. The molecule has 368 valence electrons. The highest BCUT2D eigenvalue weighted by molar-refractivity contribution is 6.28. The number of anilines is 5. The van der Waals surface area contributed by atoms with Gasteiger partial charge in [-0.05, 0) is 161 Å². The monoisotopic (exact) mass is 967 g/mol. The molecule has 0 bridgehead atoms. The summed E-state index contributed by atoms with van der Waals surface area (Å²) in [4.78, 5) is 4.98. The van der Waals surface area contributed by atoms with Crippen molar-refractivity contribution in [2.24, 2.45) is 0 Å². The first kappa shape index (κ1) is 49.2. The summed E-state index contributed by atoms with van der Waals surface area (Å²) in [6, 6.07) is 50.6. The highest BCUT2D eigenvalue weighted by Gasteiger charge is 2.46. The number of aryl methyl sites for hydroxylation is 2. The molecular weight excluding hydrogens is 901 g/mol. The topological polar surface area (TPSA) is 28.9 Å². The van der Waals surface area contributed by atoms with Crippen LogP contribution in [0, 0.1) is 20.8 Å². The number of rotatable bonds is 13. The van der Waals surface area contributed by atoms with E-state index in [0.29, 0.717) is 0 Å².